The van der Waals surface area contributed by atoms with E-state index in [1.807, 2.05) is 0 Å². The molecule has 9 heteroatoms. The van der Waals surface area contributed by atoms with Crippen LogP contribution >= 0.6 is 0 Å². The summed E-state index contributed by atoms with van der Waals surface area (Å²) in [4.78, 5) is 24.0. The molecule has 2 amide bonds. The first-order valence-electron chi connectivity index (χ1n) is 11.4. The van der Waals surface area contributed by atoms with Gasteiger partial charge in [0.05, 0.1) is 22.4 Å². The van der Waals surface area contributed by atoms with E-state index in [-0.39, 0.29) is 36.1 Å². The van der Waals surface area contributed by atoms with E-state index in [9.17, 15) is 24.9 Å². The number of phenolic OH excluding ortho intramolecular Hbond substituents is 1. The molecular formula is C27H27N3O6. The van der Waals surface area contributed by atoms with Gasteiger partial charge in [-0.15, -0.1) is 0 Å². The molecule has 0 saturated carbocycles. The number of para-hydroxylation sites is 1. The van der Waals surface area contributed by atoms with Crippen molar-refractivity contribution in [2.24, 2.45) is 5.73 Å². The first kappa shape index (κ1) is 24.8. The van der Waals surface area contributed by atoms with Gasteiger partial charge in [0.2, 0.25) is 0 Å². The molecular weight excluding hydrogens is 462 g/mol. The van der Waals surface area contributed by atoms with Crippen molar-refractivity contribution in [2.75, 3.05) is 25.0 Å². The molecule has 1 aliphatic rings. The number of hydrogen-bond acceptors (Lipinski definition) is 7. The van der Waals surface area contributed by atoms with Crippen LogP contribution in [0.5, 0.6) is 17.2 Å². The number of aliphatic hydroxyl groups excluding tert-OH is 1. The summed E-state index contributed by atoms with van der Waals surface area (Å²) in [7, 11) is 0. The number of phenols is 2. The second-order valence-electron chi connectivity index (χ2n) is 8.38. The molecule has 3 aromatic carbocycles. The zero-order chi connectivity index (χ0) is 25.7. The lowest BCUT2D eigenvalue weighted by Gasteiger charge is -2.15. The Morgan fingerprint density at radius 3 is 2.67 bits per heavy atom. The maximum atomic E-state index is 12.6. The fourth-order valence-electron chi connectivity index (χ4n) is 3.92. The third-order valence-corrected chi connectivity index (χ3v) is 5.75. The highest BCUT2D eigenvalue weighted by molar-refractivity contribution is 6.35. The number of ether oxygens (including phenoxy) is 1. The number of carbonyl (C=O) groups excluding carboxylic acids is 2. The van der Waals surface area contributed by atoms with Gasteiger partial charge in [0.1, 0.15) is 30.0 Å². The summed E-state index contributed by atoms with van der Waals surface area (Å²) in [5.41, 5.74) is 8.18. The molecule has 0 aliphatic carbocycles. The first-order chi connectivity index (χ1) is 17.3. The van der Waals surface area contributed by atoms with E-state index in [0.29, 0.717) is 41.1 Å². The van der Waals surface area contributed by atoms with Gasteiger partial charge in [-0.05, 0) is 54.9 Å². The van der Waals surface area contributed by atoms with Crippen molar-refractivity contribution in [3.63, 3.8) is 0 Å². The zero-order valence-corrected chi connectivity index (χ0v) is 19.4. The number of hydrogen-bond donors (Lipinski definition) is 6. The van der Waals surface area contributed by atoms with Crippen molar-refractivity contribution >= 4 is 29.2 Å². The SMILES string of the molecule is NC(=O)c1cc(CCNCC(O)COc2cccc3c2/C(=C/c2ccccc2O)C(=O)N3)ccc1O. The van der Waals surface area contributed by atoms with E-state index in [4.69, 9.17) is 10.5 Å². The van der Waals surface area contributed by atoms with Gasteiger partial charge in [-0.2, -0.15) is 0 Å². The van der Waals surface area contributed by atoms with E-state index in [1.54, 1.807) is 60.7 Å². The predicted octanol–water partition coefficient (Wildman–Crippen LogP) is 2.26. The van der Waals surface area contributed by atoms with Crippen LogP contribution in [0.1, 0.15) is 27.0 Å². The van der Waals surface area contributed by atoms with Crippen LogP contribution in [0.25, 0.3) is 11.6 Å². The van der Waals surface area contributed by atoms with Crippen LogP contribution in [0.4, 0.5) is 5.69 Å². The molecule has 186 valence electrons. The Kier molecular flexibility index (Phi) is 7.53. The molecule has 3 aromatic rings. The maximum Gasteiger partial charge on any atom is 0.256 e. The van der Waals surface area contributed by atoms with Gasteiger partial charge in [-0.1, -0.05) is 30.3 Å². The minimum absolute atomic E-state index is 0.00740. The number of carbonyl (C=O) groups is 2. The summed E-state index contributed by atoms with van der Waals surface area (Å²) in [5, 5.41) is 36.1. The average Bonchev–Trinajstić information content (AvgIpc) is 3.18. The number of fused-ring (bicyclic) bond motifs is 1. The largest absolute Gasteiger partial charge is 0.507 e. The Balaban J connectivity index is 1.35. The molecule has 0 aromatic heterocycles. The highest BCUT2D eigenvalue weighted by Crippen LogP contribution is 2.40. The molecule has 1 heterocycles. The second-order valence-corrected chi connectivity index (χ2v) is 8.38. The fraction of sp³-hybridized carbons (Fsp3) is 0.185. The van der Waals surface area contributed by atoms with Crippen molar-refractivity contribution in [1.82, 2.24) is 5.32 Å². The standard InChI is InChI=1S/C27H27N3O6/c28-26(34)19-12-16(8-9-23(19)33)10-11-29-14-18(31)15-36-24-7-3-5-21-25(24)20(27(35)30-21)13-17-4-1-2-6-22(17)32/h1-9,12-13,18,29,31-33H,10-11,14-15H2,(H2,28,34)(H,30,35)/b20-13-. The number of anilines is 1. The van der Waals surface area contributed by atoms with Gasteiger partial charge < -0.3 is 36.4 Å². The maximum absolute atomic E-state index is 12.6. The quantitative estimate of drug-likeness (QED) is 0.189. The van der Waals surface area contributed by atoms with E-state index in [1.165, 1.54) is 6.07 Å². The third kappa shape index (κ3) is 5.65. The summed E-state index contributed by atoms with van der Waals surface area (Å²) >= 11 is 0. The number of aromatic hydroxyl groups is 2. The van der Waals surface area contributed by atoms with Crippen LogP contribution in [-0.4, -0.2) is 52.9 Å². The van der Waals surface area contributed by atoms with Crippen LogP contribution in [0, 0.1) is 0 Å². The Hall–Kier alpha value is -4.34. The van der Waals surface area contributed by atoms with Gasteiger partial charge in [-0.25, -0.2) is 0 Å². The molecule has 1 unspecified atom stereocenters. The van der Waals surface area contributed by atoms with Crippen molar-refractivity contribution in [3.05, 3.63) is 82.9 Å². The monoisotopic (exact) mass is 489 g/mol. The lowest BCUT2D eigenvalue weighted by Crippen LogP contribution is -2.32. The molecule has 0 spiro atoms. The lowest BCUT2D eigenvalue weighted by atomic mass is 10.0. The van der Waals surface area contributed by atoms with Crippen molar-refractivity contribution in [2.45, 2.75) is 12.5 Å². The first-order valence-corrected chi connectivity index (χ1v) is 11.4. The molecule has 1 atom stereocenters. The van der Waals surface area contributed by atoms with E-state index in [2.05, 4.69) is 10.6 Å². The van der Waals surface area contributed by atoms with Crippen molar-refractivity contribution in [1.29, 1.82) is 0 Å². The number of benzene rings is 3. The van der Waals surface area contributed by atoms with Crippen LogP contribution in [0.2, 0.25) is 0 Å². The van der Waals surface area contributed by atoms with Gasteiger partial charge in [0, 0.05) is 12.1 Å². The van der Waals surface area contributed by atoms with Gasteiger partial charge in [-0.3, -0.25) is 9.59 Å². The average molecular weight is 490 g/mol. The van der Waals surface area contributed by atoms with Crippen molar-refractivity contribution < 1.29 is 29.6 Å². The van der Waals surface area contributed by atoms with Crippen LogP contribution < -0.4 is 21.1 Å². The molecule has 0 fully saturated rings. The smallest absolute Gasteiger partial charge is 0.256 e. The zero-order valence-electron chi connectivity index (χ0n) is 19.4. The lowest BCUT2D eigenvalue weighted by molar-refractivity contribution is -0.110. The normalized spacial score (nSPS) is 14.4. The molecule has 7 N–H and O–H groups in total. The van der Waals surface area contributed by atoms with Crippen molar-refractivity contribution in [3.8, 4) is 17.2 Å². The number of primary amides is 1. The summed E-state index contributed by atoms with van der Waals surface area (Å²) < 4.78 is 5.86. The summed E-state index contributed by atoms with van der Waals surface area (Å²) in [6.45, 7) is 0.771. The minimum Gasteiger partial charge on any atom is -0.507 e. The second kappa shape index (κ2) is 10.9. The Labute approximate surface area is 207 Å². The molecule has 4 rings (SSSR count). The number of nitrogens with two attached hydrogens (primary N) is 1. The highest BCUT2D eigenvalue weighted by Gasteiger charge is 2.28. The Morgan fingerprint density at radius 1 is 1.08 bits per heavy atom. The molecule has 0 saturated heterocycles. The highest BCUT2D eigenvalue weighted by atomic mass is 16.5. The molecule has 1 aliphatic heterocycles. The number of rotatable bonds is 10. The number of aliphatic hydroxyl groups is 1. The number of amides is 2. The molecule has 36 heavy (non-hydrogen) atoms. The number of nitrogens with one attached hydrogen (secondary N) is 2. The summed E-state index contributed by atoms with van der Waals surface area (Å²) in [5.74, 6) is -0.661. The van der Waals surface area contributed by atoms with Crippen LogP contribution in [0.15, 0.2) is 60.7 Å². The third-order valence-electron chi connectivity index (χ3n) is 5.75. The van der Waals surface area contributed by atoms with Gasteiger partial charge in [0.25, 0.3) is 11.8 Å². The fourth-order valence-corrected chi connectivity index (χ4v) is 3.92. The van der Waals surface area contributed by atoms with Gasteiger partial charge >= 0.3 is 0 Å². The van der Waals surface area contributed by atoms with Crippen LogP contribution in [-0.2, 0) is 11.2 Å². The minimum atomic E-state index is -0.822. The molecule has 9 nitrogen and oxygen atoms in total. The molecule has 0 bridgehead atoms. The molecule has 0 radical (unpaired) electrons. The van der Waals surface area contributed by atoms with E-state index < -0.39 is 12.0 Å². The Bertz CT molecular complexity index is 1320. The topological polar surface area (TPSA) is 154 Å². The van der Waals surface area contributed by atoms with Crippen LogP contribution in [0.3, 0.4) is 0 Å². The summed E-state index contributed by atoms with van der Waals surface area (Å²) in [6, 6.07) is 16.6. The predicted molar refractivity (Wildman–Crippen MR) is 136 cm³/mol. The van der Waals surface area contributed by atoms with E-state index in [0.717, 1.165) is 5.56 Å². The van der Waals surface area contributed by atoms with Gasteiger partial charge in [0.15, 0.2) is 0 Å². The van der Waals surface area contributed by atoms with E-state index >= 15 is 0 Å². The summed E-state index contributed by atoms with van der Waals surface area (Å²) in [6.07, 6.45) is 1.35. The Morgan fingerprint density at radius 2 is 1.89 bits per heavy atom.